The minimum atomic E-state index is -3.37. The molecule has 0 fully saturated rings. The van der Waals surface area contributed by atoms with Gasteiger partial charge in [-0.05, 0) is 37.5 Å². The molecule has 2 N–H and O–H groups in total. The second-order valence-corrected chi connectivity index (χ2v) is 7.33. The Morgan fingerprint density at radius 1 is 1.38 bits per heavy atom. The fraction of sp³-hybridized carbons (Fsp3) is 0.400. The van der Waals surface area contributed by atoms with E-state index in [0.29, 0.717) is 6.42 Å². The van der Waals surface area contributed by atoms with E-state index in [4.69, 9.17) is 0 Å². The number of nitrogens with one attached hydrogen (secondary N) is 1. The zero-order chi connectivity index (χ0) is 15.5. The zero-order valence-corrected chi connectivity index (χ0v) is 12.7. The van der Waals surface area contributed by atoms with E-state index in [1.165, 1.54) is 18.2 Å². The van der Waals surface area contributed by atoms with Gasteiger partial charge in [0.25, 0.3) is 0 Å². The monoisotopic (exact) mass is 309 g/mol. The molecule has 1 aromatic rings. The van der Waals surface area contributed by atoms with Crippen molar-refractivity contribution in [2.45, 2.75) is 31.1 Å². The van der Waals surface area contributed by atoms with Crippen LogP contribution in [-0.2, 0) is 14.6 Å². The summed E-state index contributed by atoms with van der Waals surface area (Å²) in [5.41, 5.74) is 0.143. The third-order valence-electron chi connectivity index (χ3n) is 3.60. The number of sulfone groups is 1. The molecule has 1 aliphatic carbocycles. The van der Waals surface area contributed by atoms with Crippen LogP contribution in [0.2, 0.25) is 0 Å². The Labute approximate surface area is 124 Å². The molecule has 1 amide bonds. The maximum Gasteiger partial charge on any atom is 0.227 e. The maximum absolute atomic E-state index is 12.1. The van der Waals surface area contributed by atoms with Crippen molar-refractivity contribution in [2.24, 2.45) is 5.92 Å². The molecule has 1 unspecified atom stereocenters. The van der Waals surface area contributed by atoms with Gasteiger partial charge in [0.2, 0.25) is 5.91 Å². The molecule has 6 heteroatoms. The molecule has 0 heterocycles. The van der Waals surface area contributed by atoms with Gasteiger partial charge in [0.05, 0.1) is 16.3 Å². The van der Waals surface area contributed by atoms with Gasteiger partial charge in [-0.3, -0.25) is 4.79 Å². The minimum absolute atomic E-state index is 0.0292. The van der Waals surface area contributed by atoms with Crippen LogP contribution in [0.25, 0.3) is 0 Å². The Hall–Kier alpha value is -1.82. The minimum Gasteiger partial charge on any atom is -0.506 e. The lowest BCUT2D eigenvalue weighted by atomic mass is 9.93. The molecule has 0 radical (unpaired) electrons. The molecule has 0 aromatic heterocycles. The molecule has 1 atom stereocenters. The van der Waals surface area contributed by atoms with Gasteiger partial charge in [-0.15, -0.1) is 0 Å². The second-order valence-electron chi connectivity index (χ2n) is 5.05. The Kier molecular flexibility index (Phi) is 4.67. The van der Waals surface area contributed by atoms with Crippen molar-refractivity contribution in [3.05, 3.63) is 30.4 Å². The van der Waals surface area contributed by atoms with Crippen molar-refractivity contribution < 1.29 is 18.3 Å². The first-order chi connectivity index (χ1) is 9.94. The highest BCUT2D eigenvalue weighted by Gasteiger charge is 2.21. The highest BCUT2D eigenvalue weighted by atomic mass is 32.2. The number of phenolic OH excluding ortho intramolecular Hbond substituents is 1. The van der Waals surface area contributed by atoms with Crippen LogP contribution in [0.3, 0.4) is 0 Å². The average molecular weight is 309 g/mol. The second kappa shape index (κ2) is 6.30. The van der Waals surface area contributed by atoms with E-state index in [0.717, 1.165) is 12.8 Å². The summed E-state index contributed by atoms with van der Waals surface area (Å²) in [4.78, 5) is 12.2. The van der Waals surface area contributed by atoms with Crippen LogP contribution >= 0.6 is 0 Å². The van der Waals surface area contributed by atoms with Crippen LogP contribution in [0.1, 0.15) is 26.2 Å². The van der Waals surface area contributed by atoms with Crippen LogP contribution < -0.4 is 5.32 Å². The lowest BCUT2D eigenvalue weighted by Crippen LogP contribution is -2.23. The highest BCUT2D eigenvalue weighted by molar-refractivity contribution is 7.91. The first kappa shape index (κ1) is 15.6. The molecule has 21 heavy (non-hydrogen) atoms. The summed E-state index contributed by atoms with van der Waals surface area (Å²) in [6.07, 6.45) is 6.28. The summed E-state index contributed by atoms with van der Waals surface area (Å²) in [6.45, 7) is 1.55. The summed E-state index contributed by atoms with van der Waals surface area (Å²) >= 11 is 0. The molecule has 0 saturated heterocycles. The average Bonchev–Trinajstić information content (AvgIpc) is 2.50. The largest absolute Gasteiger partial charge is 0.506 e. The lowest BCUT2D eigenvalue weighted by Gasteiger charge is -2.18. The predicted molar refractivity (Wildman–Crippen MR) is 80.9 cm³/mol. The molecular formula is C15H19NO4S. The number of carbonyl (C=O) groups is 1. The quantitative estimate of drug-likeness (QED) is 0.661. The molecule has 0 bridgehead atoms. The van der Waals surface area contributed by atoms with Gasteiger partial charge >= 0.3 is 0 Å². The van der Waals surface area contributed by atoms with E-state index in [2.05, 4.69) is 5.32 Å². The molecule has 0 saturated carbocycles. The van der Waals surface area contributed by atoms with Gasteiger partial charge in [0, 0.05) is 5.92 Å². The number of hydrogen-bond donors (Lipinski definition) is 2. The molecular weight excluding hydrogens is 290 g/mol. The maximum atomic E-state index is 12.1. The third-order valence-corrected chi connectivity index (χ3v) is 5.34. The van der Waals surface area contributed by atoms with Gasteiger partial charge in [-0.25, -0.2) is 8.42 Å². The van der Waals surface area contributed by atoms with Crippen LogP contribution in [0, 0.1) is 5.92 Å². The van der Waals surface area contributed by atoms with Crippen molar-refractivity contribution >= 4 is 21.4 Å². The van der Waals surface area contributed by atoms with Crippen LogP contribution in [0.5, 0.6) is 5.75 Å². The number of amides is 1. The molecule has 1 aromatic carbocycles. The normalized spacial score (nSPS) is 18.4. The van der Waals surface area contributed by atoms with Crippen molar-refractivity contribution in [1.29, 1.82) is 0 Å². The predicted octanol–water partition coefficient (Wildman–Crippen LogP) is 2.48. The van der Waals surface area contributed by atoms with Gasteiger partial charge < -0.3 is 10.4 Å². The number of phenols is 1. The van der Waals surface area contributed by atoms with Crippen molar-refractivity contribution in [1.82, 2.24) is 0 Å². The Balaban J connectivity index is 2.21. The van der Waals surface area contributed by atoms with E-state index < -0.39 is 9.84 Å². The summed E-state index contributed by atoms with van der Waals surface area (Å²) in [5, 5.41) is 12.4. The fourth-order valence-corrected chi connectivity index (χ4v) is 3.15. The molecule has 5 nitrogen and oxygen atoms in total. The van der Waals surface area contributed by atoms with Crippen LogP contribution in [0.4, 0.5) is 5.69 Å². The highest BCUT2D eigenvalue weighted by Crippen LogP contribution is 2.28. The molecule has 0 spiro atoms. The molecule has 2 rings (SSSR count). The SMILES string of the molecule is CCS(=O)(=O)c1ccc(O)c(NC(=O)C2CC=CCC2)c1. The number of allylic oxidation sites excluding steroid dienone is 2. The Morgan fingerprint density at radius 3 is 2.76 bits per heavy atom. The van der Waals surface area contributed by atoms with E-state index in [-0.39, 0.29) is 33.9 Å². The van der Waals surface area contributed by atoms with Crippen molar-refractivity contribution in [2.75, 3.05) is 11.1 Å². The number of benzene rings is 1. The smallest absolute Gasteiger partial charge is 0.227 e. The number of carbonyl (C=O) groups excluding carboxylic acids is 1. The van der Waals surface area contributed by atoms with E-state index in [9.17, 15) is 18.3 Å². The first-order valence-electron chi connectivity index (χ1n) is 6.95. The fourth-order valence-electron chi connectivity index (χ4n) is 2.24. The lowest BCUT2D eigenvalue weighted by molar-refractivity contribution is -0.120. The van der Waals surface area contributed by atoms with Gasteiger partial charge in [0.15, 0.2) is 9.84 Å². The van der Waals surface area contributed by atoms with Crippen LogP contribution in [0.15, 0.2) is 35.2 Å². The molecule has 114 valence electrons. The Morgan fingerprint density at radius 2 is 2.14 bits per heavy atom. The van der Waals surface area contributed by atoms with E-state index in [1.807, 2.05) is 12.2 Å². The summed E-state index contributed by atoms with van der Waals surface area (Å²) in [5.74, 6) is -0.496. The third kappa shape index (κ3) is 3.64. The van der Waals surface area contributed by atoms with Gasteiger partial charge in [-0.1, -0.05) is 19.1 Å². The number of aromatic hydroxyl groups is 1. The zero-order valence-electron chi connectivity index (χ0n) is 11.9. The van der Waals surface area contributed by atoms with Gasteiger partial charge in [-0.2, -0.15) is 0 Å². The number of rotatable bonds is 4. The van der Waals surface area contributed by atoms with E-state index in [1.54, 1.807) is 6.92 Å². The standard InChI is InChI=1S/C15H19NO4S/c1-2-21(19,20)12-8-9-14(17)13(10-12)16-15(18)11-6-4-3-5-7-11/h3-4,8-11,17H,2,5-7H2,1H3,(H,16,18). The molecule has 0 aliphatic heterocycles. The first-order valence-corrected chi connectivity index (χ1v) is 8.61. The van der Waals surface area contributed by atoms with Crippen molar-refractivity contribution in [3.63, 3.8) is 0 Å². The Bertz CT molecular complexity index is 664. The number of anilines is 1. The van der Waals surface area contributed by atoms with Gasteiger partial charge in [0.1, 0.15) is 5.75 Å². The summed E-state index contributed by atoms with van der Waals surface area (Å²) in [7, 11) is -3.37. The van der Waals surface area contributed by atoms with Crippen LogP contribution in [-0.4, -0.2) is 25.2 Å². The van der Waals surface area contributed by atoms with Crippen molar-refractivity contribution in [3.8, 4) is 5.75 Å². The topological polar surface area (TPSA) is 83.5 Å². The summed E-state index contributed by atoms with van der Waals surface area (Å²) in [6, 6.07) is 3.94. The van der Waals surface area contributed by atoms with E-state index >= 15 is 0 Å². The molecule has 1 aliphatic rings. The summed E-state index contributed by atoms with van der Waals surface area (Å²) < 4.78 is 23.7. The number of hydrogen-bond acceptors (Lipinski definition) is 4.